The Balaban J connectivity index is 0.00000341. The molecule has 298 valence electrons. The van der Waals surface area contributed by atoms with Crippen LogP contribution in [0.5, 0.6) is 17.2 Å². The van der Waals surface area contributed by atoms with Crippen LogP contribution >= 0.6 is 0 Å². The van der Waals surface area contributed by atoms with E-state index in [0.29, 0.717) is 59.2 Å². The molecule has 0 atom stereocenters. The van der Waals surface area contributed by atoms with Gasteiger partial charge in [0.05, 0.1) is 34.5 Å². The van der Waals surface area contributed by atoms with Gasteiger partial charge in [-0.2, -0.15) is 0 Å². The smallest absolute Gasteiger partial charge is 0.716 e. The van der Waals surface area contributed by atoms with Crippen LogP contribution in [0.1, 0.15) is 25.5 Å². The number of hydrogen-bond donors (Lipinski definition) is 0. The first-order valence-electron chi connectivity index (χ1n) is 17.2. The molecule has 3 heterocycles. The van der Waals surface area contributed by atoms with Crippen molar-refractivity contribution in [3.05, 3.63) is 124 Å². The second-order valence-electron chi connectivity index (χ2n) is 12.7. The number of hydrogen-bond acceptors (Lipinski definition) is 16. The van der Waals surface area contributed by atoms with Gasteiger partial charge >= 0.3 is 65.1 Å². The third kappa shape index (κ3) is 11.3. The Hall–Kier alpha value is -4.81. The molecule has 0 amide bonds. The van der Waals surface area contributed by atoms with Gasteiger partial charge in [-0.3, -0.25) is 28.2 Å². The summed E-state index contributed by atoms with van der Waals surface area (Å²) in [6, 6.07) is 22.7. The van der Waals surface area contributed by atoms with Gasteiger partial charge in [0.25, 0.3) is 31.9 Å². The Morgan fingerprint density at radius 3 is 1.78 bits per heavy atom. The van der Waals surface area contributed by atoms with Gasteiger partial charge in [-0.15, -0.1) is 5.10 Å². The summed E-state index contributed by atoms with van der Waals surface area (Å²) >= 11 is 0. The molecule has 60 heavy (non-hydrogen) atoms. The second kappa shape index (κ2) is 19.3. The number of carbonyl (C=O) groups is 1. The van der Waals surface area contributed by atoms with Crippen LogP contribution in [0.2, 0.25) is 0 Å². The SMILES string of the molecule is CC(=O)Oc1cccc(-c2nc3ccccc3c(=O)n2CCCCn2cc(Cn3c(-c4cc(OS(=O)(=O)[O-])cc(OS(=O)(=O)[O-])c4)nc4ccccc4c3=O)nn2)c1.[Na+].[Na+]. The number of ether oxygens (including phenoxy) is 1. The van der Waals surface area contributed by atoms with Crippen molar-refractivity contribution in [1.29, 1.82) is 0 Å². The first kappa shape index (κ1) is 46.3. The van der Waals surface area contributed by atoms with Gasteiger partial charge in [-0.25, -0.2) is 26.8 Å². The Bertz CT molecular complexity index is 3030. The molecule has 0 fully saturated rings. The number of aryl methyl sites for hydroxylation is 1. The number of nitrogens with zero attached hydrogens (tertiary/aromatic N) is 7. The van der Waals surface area contributed by atoms with E-state index in [2.05, 4.69) is 23.7 Å². The predicted molar refractivity (Wildman–Crippen MR) is 203 cm³/mol. The van der Waals surface area contributed by atoms with E-state index in [4.69, 9.17) is 9.72 Å². The van der Waals surface area contributed by atoms with E-state index in [1.807, 2.05) is 0 Å². The van der Waals surface area contributed by atoms with Gasteiger partial charge < -0.3 is 22.2 Å². The van der Waals surface area contributed by atoms with Crippen LogP contribution in [-0.2, 0) is 45.2 Å². The van der Waals surface area contributed by atoms with Crippen molar-refractivity contribution in [3.63, 3.8) is 0 Å². The van der Waals surface area contributed by atoms with Crippen LogP contribution < -0.4 is 83.3 Å². The fourth-order valence-corrected chi connectivity index (χ4v) is 6.92. The largest absolute Gasteiger partial charge is 1.00 e. The van der Waals surface area contributed by atoms with Crippen molar-refractivity contribution in [1.82, 2.24) is 34.1 Å². The molecule has 0 spiro atoms. The monoisotopic (exact) mass is 873 g/mol. The Morgan fingerprint density at radius 2 is 1.20 bits per heavy atom. The Labute approximate surface area is 385 Å². The van der Waals surface area contributed by atoms with Crippen molar-refractivity contribution >= 4 is 48.6 Å². The summed E-state index contributed by atoms with van der Waals surface area (Å²) in [7, 11) is -10.7. The molecule has 0 N–H and O–H groups in total. The molecule has 0 aliphatic carbocycles. The van der Waals surface area contributed by atoms with Crippen molar-refractivity contribution < 1.29 is 103 Å². The van der Waals surface area contributed by atoms with Crippen molar-refractivity contribution in [2.24, 2.45) is 0 Å². The van der Waals surface area contributed by atoms with Gasteiger partial charge in [-0.05, 0) is 61.4 Å². The molecule has 0 saturated carbocycles. The molecule has 3 aromatic heterocycles. The Kier molecular flexibility index (Phi) is 14.9. The second-order valence-corrected chi connectivity index (χ2v) is 14.7. The summed E-state index contributed by atoms with van der Waals surface area (Å²) < 4.78 is 86.8. The molecule has 4 aromatic carbocycles. The van der Waals surface area contributed by atoms with Crippen LogP contribution in [0.3, 0.4) is 0 Å². The Morgan fingerprint density at radius 1 is 0.667 bits per heavy atom. The van der Waals surface area contributed by atoms with Gasteiger partial charge in [0, 0.05) is 37.2 Å². The summed E-state index contributed by atoms with van der Waals surface area (Å²) in [4.78, 5) is 48.5. The zero-order valence-electron chi connectivity index (χ0n) is 32.1. The standard InChI is InChI=1S/C37H31N7O12S2.2Na/c1-23(45)54-27-10-8-9-24(17-27)34-38-32-13-4-2-11-30(32)36(46)43(34)16-7-6-15-42-21-26(40-41-42)22-44-35(39-33-14-5-3-12-31(33)37(44)47)25-18-28(55-57(48,49)50)20-29(19-25)56-58(51,52)53;;/h2-5,8-14,17-21H,6-7,15-16,22H2,1H3,(H,48,49,50)(H,51,52,53);;/q;2*+1/p-2. The quantitative estimate of drug-likeness (QED) is 0.0266. The number of rotatable bonds is 14. The van der Waals surface area contributed by atoms with E-state index in [9.17, 15) is 40.3 Å². The molecule has 0 saturated heterocycles. The number of fused-ring (bicyclic) bond motifs is 2. The van der Waals surface area contributed by atoms with Crippen molar-refractivity contribution in [3.8, 4) is 40.0 Å². The maximum absolute atomic E-state index is 13.9. The topological polar surface area (TPSA) is 260 Å². The summed E-state index contributed by atoms with van der Waals surface area (Å²) in [6.45, 7) is 1.69. The summed E-state index contributed by atoms with van der Waals surface area (Å²) in [6.07, 6.45) is 2.62. The molecule has 7 rings (SSSR count). The molecule has 23 heteroatoms. The number of benzene rings is 4. The van der Waals surface area contributed by atoms with Gasteiger partial charge in [0.15, 0.2) is 0 Å². The molecule has 0 radical (unpaired) electrons. The first-order chi connectivity index (χ1) is 27.6. The van der Waals surface area contributed by atoms with E-state index in [0.717, 1.165) is 16.7 Å². The normalized spacial score (nSPS) is 11.4. The van der Waals surface area contributed by atoms with E-state index >= 15 is 0 Å². The molecule has 7 aromatic rings. The van der Waals surface area contributed by atoms with E-state index < -0.39 is 43.8 Å². The van der Waals surface area contributed by atoms with Crippen LogP contribution in [0.15, 0.2) is 107 Å². The number of aromatic nitrogens is 7. The third-order valence-electron chi connectivity index (χ3n) is 8.54. The zero-order valence-corrected chi connectivity index (χ0v) is 37.8. The van der Waals surface area contributed by atoms with E-state index in [-0.39, 0.29) is 100 Å². The molecular formula is C37H29N7Na2O12S2. The number of esters is 1. The molecule has 0 bridgehead atoms. The maximum Gasteiger partial charge on any atom is 1.00 e. The van der Waals surface area contributed by atoms with Crippen molar-refractivity contribution in [2.75, 3.05) is 0 Å². The van der Waals surface area contributed by atoms with Crippen molar-refractivity contribution in [2.45, 2.75) is 39.4 Å². The molecule has 0 aliphatic heterocycles. The summed E-state index contributed by atoms with van der Waals surface area (Å²) in [5.74, 6) is -1.36. The van der Waals surface area contributed by atoms with Crippen LogP contribution in [0.25, 0.3) is 44.6 Å². The molecule has 0 unspecified atom stereocenters. The van der Waals surface area contributed by atoms with Crippen LogP contribution in [-0.4, -0.2) is 66.0 Å². The van der Waals surface area contributed by atoms with Crippen LogP contribution in [0.4, 0.5) is 0 Å². The summed E-state index contributed by atoms with van der Waals surface area (Å²) in [5.41, 5.74) is 0.632. The fraction of sp³-hybridized carbons (Fsp3) is 0.162. The molecular weight excluding hydrogens is 845 g/mol. The number of carbonyl (C=O) groups excluding carboxylic acids is 1. The third-order valence-corrected chi connectivity index (χ3v) is 9.33. The average Bonchev–Trinajstić information content (AvgIpc) is 3.60. The van der Waals surface area contributed by atoms with E-state index in [1.54, 1.807) is 71.4 Å². The van der Waals surface area contributed by atoms with Gasteiger partial charge in [0.2, 0.25) is 0 Å². The van der Waals surface area contributed by atoms with E-state index in [1.165, 1.54) is 23.7 Å². The molecule has 19 nitrogen and oxygen atoms in total. The fourth-order valence-electron chi connectivity index (χ4n) is 6.25. The predicted octanol–water partition coefficient (Wildman–Crippen LogP) is -2.83. The van der Waals surface area contributed by atoms with Gasteiger partial charge in [0.1, 0.15) is 34.6 Å². The minimum atomic E-state index is -5.37. The summed E-state index contributed by atoms with van der Waals surface area (Å²) in [5, 5.41) is 9.02. The minimum absolute atomic E-state index is 0. The van der Waals surface area contributed by atoms with Crippen LogP contribution in [0, 0.1) is 0 Å². The maximum atomic E-state index is 13.9. The zero-order chi connectivity index (χ0) is 41.2. The minimum Gasteiger partial charge on any atom is -0.716 e. The average molecular weight is 874 g/mol. The number of para-hydroxylation sites is 2. The number of unbranched alkanes of at least 4 members (excludes halogenated alkanes) is 1. The van der Waals surface area contributed by atoms with Gasteiger partial charge in [-0.1, -0.05) is 41.6 Å². The first-order valence-corrected chi connectivity index (χ1v) is 19.9. The molecule has 0 aliphatic rings.